The lowest BCUT2D eigenvalue weighted by molar-refractivity contribution is -0.121. The number of hydrogen-bond donors (Lipinski definition) is 2. The van der Waals surface area contributed by atoms with Crippen LogP contribution >= 0.6 is 0 Å². The number of hydrogen-bond acceptors (Lipinski definition) is 4. The molecule has 1 heterocycles. The number of carbonyl (C=O) groups is 1. The summed E-state index contributed by atoms with van der Waals surface area (Å²) in [4.78, 5) is 12.1. The fourth-order valence-corrected chi connectivity index (χ4v) is 3.83. The molecule has 0 aliphatic heterocycles. The van der Waals surface area contributed by atoms with Gasteiger partial charge in [0.1, 0.15) is 17.2 Å². The number of sulfonamides is 1. The van der Waals surface area contributed by atoms with Crippen LogP contribution in [0.1, 0.15) is 31.6 Å². The zero-order valence-corrected chi connectivity index (χ0v) is 16.1. The number of para-hydroxylation sites is 1. The van der Waals surface area contributed by atoms with Crippen LogP contribution in [0.25, 0.3) is 11.0 Å². The highest BCUT2D eigenvalue weighted by molar-refractivity contribution is 7.89. The van der Waals surface area contributed by atoms with E-state index in [1.165, 1.54) is 12.1 Å². The molecule has 28 heavy (non-hydrogen) atoms. The minimum absolute atomic E-state index is 0.0168. The van der Waals surface area contributed by atoms with E-state index in [-0.39, 0.29) is 29.8 Å². The molecule has 6 nitrogen and oxygen atoms in total. The van der Waals surface area contributed by atoms with Crippen molar-refractivity contribution in [1.82, 2.24) is 10.0 Å². The highest BCUT2D eigenvalue weighted by atomic mass is 32.2. The molecule has 1 unspecified atom stereocenters. The van der Waals surface area contributed by atoms with Gasteiger partial charge < -0.3 is 9.73 Å². The lowest BCUT2D eigenvalue weighted by Gasteiger charge is -2.11. The first-order valence-electron chi connectivity index (χ1n) is 8.88. The summed E-state index contributed by atoms with van der Waals surface area (Å²) in [6, 6.07) is 13.7. The summed E-state index contributed by atoms with van der Waals surface area (Å²) >= 11 is 0. The van der Waals surface area contributed by atoms with Crippen LogP contribution < -0.4 is 10.0 Å². The van der Waals surface area contributed by atoms with Gasteiger partial charge in [-0.15, -0.1) is 0 Å². The Balaban J connectivity index is 1.45. The van der Waals surface area contributed by atoms with Gasteiger partial charge in [-0.2, -0.15) is 0 Å². The van der Waals surface area contributed by atoms with E-state index in [4.69, 9.17) is 4.42 Å². The summed E-state index contributed by atoms with van der Waals surface area (Å²) in [6.07, 6.45) is 0.496. The molecule has 0 fully saturated rings. The van der Waals surface area contributed by atoms with Gasteiger partial charge in [0, 0.05) is 18.4 Å². The first-order valence-corrected chi connectivity index (χ1v) is 10.4. The third-order valence-corrected chi connectivity index (χ3v) is 5.72. The molecule has 1 amide bonds. The maximum Gasteiger partial charge on any atom is 0.240 e. The minimum atomic E-state index is -3.72. The molecule has 148 valence electrons. The van der Waals surface area contributed by atoms with Gasteiger partial charge in [-0.05, 0) is 49.7 Å². The van der Waals surface area contributed by atoms with Crippen molar-refractivity contribution in [3.63, 3.8) is 0 Å². The van der Waals surface area contributed by atoms with Crippen LogP contribution in [0.2, 0.25) is 0 Å². The second kappa shape index (κ2) is 8.53. The summed E-state index contributed by atoms with van der Waals surface area (Å²) in [5, 5.41) is 3.81. The molecule has 3 rings (SSSR count). The molecule has 0 saturated heterocycles. The summed E-state index contributed by atoms with van der Waals surface area (Å²) in [6.45, 7) is 1.93. The van der Waals surface area contributed by atoms with E-state index in [2.05, 4.69) is 10.0 Å². The van der Waals surface area contributed by atoms with Crippen molar-refractivity contribution in [1.29, 1.82) is 0 Å². The summed E-state index contributed by atoms with van der Waals surface area (Å²) in [7, 11) is -3.72. The summed E-state index contributed by atoms with van der Waals surface area (Å²) < 4.78 is 45.2. The van der Waals surface area contributed by atoms with Crippen molar-refractivity contribution in [2.45, 2.75) is 30.7 Å². The molecule has 0 saturated carbocycles. The van der Waals surface area contributed by atoms with E-state index in [1.807, 2.05) is 37.3 Å². The topological polar surface area (TPSA) is 88.4 Å². The minimum Gasteiger partial charge on any atom is -0.459 e. The normalized spacial score (nSPS) is 12.8. The van der Waals surface area contributed by atoms with Crippen LogP contribution in [-0.2, 0) is 14.8 Å². The molecule has 8 heteroatoms. The lowest BCUT2D eigenvalue weighted by atomic mass is 10.2. The fourth-order valence-electron chi connectivity index (χ4n) is 2.75. The van der Waals surface area contributed by atoms with Gasteiger partial charge in [0.25, 0.3) is 0 Å². The summed E-state index contributed by atoms with van der Waals surface area (Å²) in [5.41, 5.74) is 0.758. The van der Waals surface area contributed by atoms with E-state index < -0.39 is 15.8 Å². The first kappa shape index (κ1) is 20.0. The van der Waals surface area contributed by atoms with Crippen LogP contribution in [0.5, 0.6) is 0 Å². The monoisotopic (exact) mass is 404 g/mol. The van der Waals surface area contributed by atoms with Gasteiger partial charge in [-0.3, -0.25) is 4.79 Å². The van der Waals surface area contributed by atoms with E-state index >= 15 is 0 Å². The molecule has 0 radical (unpaired) electrons. The second-order valence-electron chi connectivity index (χ2n) is 6.43. The highest BCUT2D eigenvalue weighted by Crippen LogP contribution is 2.23. The number of amides is 1. The maximum atomic E-state index is 12.9. The highest BCUT2D eigenvalue weighted by Gasteiger charge is 2.16. The standard InChI is InChI=1S/C20H21FN2O4S/c1-14(19-13-15-5-2-3-6-18(15)27-19)23-20(24)7-4-12-22-28(25,26)17-10-8-16(21)9-11-17/h2-3,5-6,8-11,13-14,22H,4,7,12H2,1H3,(H,23,24). The molecule has 3 aromatic rings. The fraction of sp³-hybridized carbons (Fsp3) is 0.250. The van der Waals surface area contributed by atoms with Crippen LogP contribution in [0.4, 0.5) is 4.39 Å². The molecule has 0 bridgehead atoms. The van der Waals surface area contributed by atoms with Crippen LogP contribution in [0.15, 0.2) is 63.9 Å². The molecular weight excluding hydrogens is 383 g/mol. The zero-order chi connectivity index (χ0) is 20.1. The molecular formula is C20H21FN2O4S. The van der Waals surface area contributed by atoms with Crippen LogP contribution in [0.3, 0.4) is 0 Å². The Bertz CT molecular complexity index is 1030. The Morgan fingerprint density at radius 2 is 1.86 bits per heavy atom. The SMILES string of the molecule is CC(NC(=O)CCCNS(=O)(=O)c1ccc(F)cc1)c1cc2ccccc2o1. The Kier molecular flexibility index (Phi) is 6.11. The largest absolute Gasteiger partial charge is 0.459 e. The van der Waals surface area contributed by atoms with Gasteiger partial charge in [-0.25, -0.2) is 17.5 Å². The third kappa shape index (κ3) is 4.96. The average molecular weight is 404 g/mol. The van der Waals surface area contributed by atoms with E-state index in [9.17, 15) is 17.6 Å². The molecule has 2 N–H and O–H groups in total. The number of halogens is 1. The molecule has 0 aliphatic carbocycles. The Labute approximate surface area is 162 Å². The summed E-state index contributed by atoms with van der Waals surface area (Å²) in [5.74, 6) is -0.0466. The molecule has 1 atom stereocenters. The lowest BCUT2D eigenvalue weighted by Crippen LogP contribution is -2.29. The van der Waals surface area contributed by atoms with Crippen LogP contribution in [0, 0.1) is 5.82 Å². The maximum absolute atomic E-state index is 12.9. The van der Waals surface area contributed by atoms with Crippen molar-refractivity contribution in [2.75, 3.05) is 6.54 Å². The zero-order valence-electron chi connectivity index (χ0n) is 15.3. The number of carbonyl (C=O) groups excluding carboxylic acids is 1. The van der Waals surface area contributed by atoms with E-state index in [0.29, 0.717) is 12.2 Å². The number of rotatable bonds is 8. The average Bonchev–Trinajstić information content (AvgIpc) is 3.10. The Morgan fingerprint density at radius 3 is 2.57 bits per heavy atom. The first-order chi connectivity index (χ1) is 13.3. The van der Waals surface area contributed by atoms with Gasteiger partial charge in [0.05, 0.1) is 10.9 Å². The number of fused-ring (bicyclic) bond motifs is 1. The number of benzene rings is 2. The molecule has 0 spiro atoms. The second-order valence-corrected chi connectivity index (χ2v) is 8.20. The van der Waals surface area contributed by atoms with Crippen molar-refractivity contribution >= 4 is 26.9 Å². The predicted octanol–water partition coefficient (Wildman–Crippen LogP) is 3.51. The molecule has 1 aromatic heterocycles. The van der Waals surface area contributed by atoms with Crippen molar-refractivity contribution < 1.29 is 22.0 Å². The van der Waals surface area contributed by atoms with Crippen molar-refractivity contribution in [3.05, 3.63) is 66.2 Å². The Hall–Kier alpha value is -2.71. The Morgan fingerprint density at radius 1 is 1.14 bits per heavy atom. The number of nitrogens with one attached hydrogen (secondary N) is 2. The van der Waals surface area contributed by atoms with Gasteiger partial charge in [-0.1, -0.05) is 18.2 Å². The van der Waals surface area contributed by atoms with Gasteiger partial charge >= 0.3 is 0 Å². The smallest absolute Gasteiger partial charge is 0.240 e. The van der Waals surface area contributed by atoms with E-state index in [0.717, 1.165) is 23.1 Å². The van der Waals surface area contributed by atoms with Gasteiger partial charge in [0.2, 0.25) is 15.9 Å². The number of furan rings is 1. The molecule has 2 aromatic carbocycles. The quantitative estimate of drug-likeness (QED) is 0.563. The molecule has 0 aliphatic rings. The van der Waals surface area contributed by atoms with E-state index in [1.54, 1.807) is 0 Å². The van der Waals surface area contributed by atoms with Crippen molar-refractivity contribution in [3.8, 4) is 0 Å². The van der Waals surface area contributed by atoms with Crippen molar-refractivity contribution in [2.24, 2.45) is 0 Å². The predicted molar refractivity (Wildman–Crippen MR) is 104 cm³/mol. The van der Waals surface area contributed by atoms with Crippen LogP contribution in [-0.4, -0.2) is 20.9 Å². The van der Waals surface area contributed by atoms with Gasteiger partial charge in [0.15, 0.2) is 0 Å². The third-order valence-electron chi connectivity index (χ3n) is 4.25.